The highest BCUT2D eigenvalue weighted by Gasteiger charge is 2.14. The molecule has 1 aromatic heterocycles. The van der Waals surface area contributed by atoms with Crippen LogP contribution in [0.4, 0.5) is 5.13 Å². The van der Waals surface area contributed by atoms with Gasteiger partial charge in [-0.3, -0.25) is 4.90 Å². The first kappa shape index (κ1) is 17.5. The van der Waals surface area contributed by atoms with Crippen molar-refractivity contribution in [3.8, 4) is 16.9 Å². The predicted octanol–water partition coefficient (Wildman–Crippen LogP) is 4.59. The van der Waals surface area contributed by atoms with E-state index in [9.17, 15) is 0 Å². The van der Waals surface area contributed by atoms with Crippen LogP contribution in [0.2, 0.25) is 0 Å². The molecule has 1 heterocycles. The van der Waals surface area contributed by atoms with Crippen LogP contribution in [0.25, 0.3) is 11.1 Å². The molecule has 0 spiro atoms. The maximum Gasteiger partial charge on any atom is 0.180 e. The Kier molecular flexibility index (Phi) is 5.36. The minimum absolute atomic E-state index is 0.301. The molecule has 130 valence electrons. The summed E-state index contributed by atoms with van der Waals surface area (Å²) in [5.41, 5.74) is 9.26. The Labute approximate surface area is 152 Å². The van der Waals surface area contributed by atoms with Crippen LogP contribution >= 0.6 is 11.3 Å². The highest BCUT2D eigenvalue weighted by molar-refractivity contribution is 7.15. The molecule has 2 N–H and O–H groups in total. The summed E-state index contributed by atoms with van der Waals surface area (Å²) in [4.78, 5) is 7.60. The van der Waals surface area contributed by atoms with Gasteiger partial charge in [-0.15, -0.1) is 11.3 Å². The molecule has 0 saturated heterocycles. The van der Waals surface area contributed by atoms with E-state index >= 15 is 0 Å². The van der Waals surface area contributed by atoms with Crippen molar-refractivity contribution in [1.29, 1.82) is 0 Å². The first-order valence-corrected chi connectivity index (χ1v) is 9.04. The summed E-state index contributed by atoms with van der Waals surface area (Å²) >= 11 is 1.54. The third-order valence-electron chi connectivity index (χ3n) is 4.45. The number of rotatable bonds is 6. The lowest BCUT2D eigenvalue weighted by Gasteiger charge is -2.24. The Morgan fingerprint density at radius 1 is 1.16 bits per heavy atom. The molecule has 0 aliphatic carbocycles. The molecule has 0 radical (unpaired) electrons. The van der Waals surface area contributed by atoms with Gasteiger partial charge < -0.3 is 10.5 Å². The zero-order chi connectivity index (χ0) is 17.8. The van der Waals surface area contributed by atoms with E-state index in [0.717, 1.165) is 23.4 Å². The molecule has 0 amide bonds. The molecule has 3 rings (SSSR count). The van der Waals surface area contributed by atoms with E-state index < -0.39 is 0 Å². The molecule has 0 fully saturated rings. The number of anilines is 1. The van der Waals surface area contributed by atoms with Crippen LogP contribution in [0.15, 0.2) is 54.7 Å². The third-order valence-corrected chi connectivity index (χ3v) is 5.26. The second kappa shape index (κ2) is 7.68. The van der Waals surface area contributed by atoms with Gasteiger partial charge in [0, 0.05) is 29.2 Å². The minimum Gasteiger partial charge on any atom is -0.496 e. The number of aromatic nitrogens is 1. The van der Waals surface area contributed by atoms with E-state index in [1.54, 1.807) is 18.4 Å². The second-order valence-corrected chi connectivity index (χ2v) is 7.22. The van der Waals surface area contributed by atoms with Crippen molar-refractivity contribution < 1.29 is 4.74 Å². The number of ether oxygens (including phenoxy) is 1. The molecule has 2 aromatic carbocycles. The number of nitrogens with two attached hydrogens (primary N) is 1. The summed E-state index contributed by atoms with van der Waals surface area (Å²) in [6.45, 7) is 3.05. The SMILES string of the molecule is COc1ccccc1-c1ccc(C(C)N(C)Cc2cnc(N)s2)cc1. The Morgan fingerprint density at radius 2 is 1.88 bits per heavy atom. The summed E-state index contributed by atoms with van der Waals surface area (Å²) in [7, 11) is 3.82. The standard InChI is InChI=1S/C20H23N3OS/c1-14(23(2)13-17-12-22-20(21)25-17)15-8-10-16(11-9-15)18-6-4-5-7-19(18)24-3/h4-12,14H,13H2,1-3H3,(H2,21,22). The van der Waals surface area contributed by atoms with Gasteiger partial charge >= 0.3 is 0 Å². The average molecular weight is 353 g/mol. The van der Waals surface area contributed by atoms with Crippen molar-refractivity contribution in [1.82, 2.24) is 9.88 Å². The lowest BCUT2D eigenvalue weighted by atomic mass is 10.00. The number of nitrogen functional groups attached to an aromatic ring is 1. The predicted molar refractivity (Wildman–Crippen MR) is 105 cm³/mol. The number of thiazole rings is 1. The largest absolute Gasteiger partial charge is 0.496 e. The maximum atomic E-state index is 5.72. The first-order valence-electron chi connectivity index (χ1n) is 8.22. The van der Waals surface area contributed by atoms with Crippen LogP contribution in [0.5, 0.6) is 5.75 Å². The second-order valence-electron chi connectivity index (χ2n) is 6.08. The van der Waals surface area contributed by atoms with Gasteiger partial charge in [-0.05, 0) is 31.2 Å². The van der Waals surface area contributed by atoms with Crippen LogP contribution in [-0.2, 0) is 6.54 Å². The molecular weight excluding hydrogens is 330 g/mol. The number of nitrogens with zero attached hydrogens (tertiary/aromatic N) is 2. The summed E-state index contributed by atoms with van der Waals surface area (Å²) < 4.78 is 5.46. The lowest BCUT2D eigenvalue weighted by Crippen LogP contribution is -2.21. The summed E-state index contributed by atoms with van der Waals surface area (Å²) in [6.07, 6.45) is 1.86. The van der Waals surface area contributed by atoms with Crippen molar-refractivity contribution >= 4 is 16.5 Å². The quantitative estimate of drug-likeness (QED) is 0.704. The van der Waals surface area contributed by atoms with Gasteiger partial charge in [0.15, 0.2) is 5.13 Å². The zero-order valence-electron chi connectivity index (χ0n) is 14.8. The van der Waals surface area contributed by atoms with E-state index in [2.05, 4.69) is 54.2 Å². The Bertz CT molecular complexity index is 829. The van der Waals surface area contributed by atoms with Crippen LogP contribution in [-0.4, -0.2) is 24.0 Å². The van der Waals surface area contributed by atoms with Crippen LogP contribution in [0, 0.1) is 0 Å². The van der Waals surface area contributed by atoms with Crippen molar-refractivity contribution in [2.24, 2.45) is 0 Å². The minimum atomic E-state index is 0.301. The molecule has 5 heteroatoms. The molecule has 0 aliphatic rings. The molecule has 0 saturated carbocycles. The van der Waals surface area contributed by atoms with E-state index in [0.29, 0.717) is 11.2 Å². The van der Waals surface area contributed by atoms with E-state index in [1.807, 2.05) is 24.4 Å². The van der Waals surface area contributed by atoms with Gasteiger partial charge in [0.05, 0.1) is 7.11 Å². The van der Waals surface area contributed by atoms with Crippen molar-refractivity contribution in [3.05, 3.63) is 65.2 Å². The number of hydrogen-bond donors (Lipinski definition) is 1. The monoisotopic (exact) mass is 353 g/mol. The van der Waals surface area contributed by atoms with Gasteiger partial charge in [-0.2, -0.15) is 0 Å². The van der Waals surface area contributed by atoms with Gasteiger partial charge in [0.1, 0.15) is 5.75 Å². The summed E-state index contributed by atoms with van der Waals surface area (Å²) in [5, 5.41) is 0.622. The smallest absolute Gasteiger partial charge is 0.180 e. The van der Waals surface area contributed by atoms with Crippen molar-refractivity contribution in [3.63, 3.8) is 0 Å². The fraction of sp³-hybridized carbons (Fsp3) is 0.250. The number of para-hydroxylation sites is 1. The molecule has 4 nitrogen and oxygen atoms in total. The van der Waals surface area contributed by atoms with E-state index in [4.69, 9.17) is 10.5 Å². The Balaban J connectivity index is 1.75. The summed E-state index contributed by atoms with van der Waals surface area (Å²) in [5.74, 6) is 0.892. The topological polar surface area (TPSA) is 51.4 Å². The fourth-order valence-electron chi connectivity index (χ4n) is 2.86. The van der Waals surface area contributed by atoms with Crippen LogP contribution in [0.1, 0.15) is 23.4 Å². The zero-order valence-corrected chi connectivity index (χ0v) is 15.6. The lowest BCUT2D eigenvalue weighted by molar-refractivity contribution is 0.255. The maximum absolute atomic E-state index is 5.72. The third kappa shape index (κ3) is 4.00. The van der Waals surface area contributed by atoms with Crippen LogP contribution < -0.4 is 10.5 Å². The van der Waals surface area contributed by atoms with Gasteiger partial charge in [-0.25, -0.2) is 4.98 Å². The average Bonchev–Trinajstić information content (AvgIpc) is 3.06. The Hall–Kier alpha value is -2.37. The molecule has 25 heavy (non-hydrogen) atoms. The van der Waals surface area contributed by atoms with E-state index in [-0.39, 0.29) is 0 Å². The van der Waals surface area contributed by atoms with Gasteiger partial charge in [-0.1, -0.05) is 42.5 Å². The molecule has 1 atom stereocenters. The molecule has 0 bridgehead atoms. The Morgan fingerprint density at radius 3 is 2.52 bits per heavy atom. The summed E-state index contributed by atoms with van der Waals surface area (Å²) in [6, 6.07) is 17.1. The molecule has 0 aliphatic heterocycles. The fourth-order valence-corrected chi connectivity index (χ4v) is 3.60. The highest BCUT2D eigenvalue weighted by Crippen LogP contribution is 2.31. The number of benzene rings is 2. The first-order chi connectivity index (χ1) is 12.1. The van der Waals surface area contributed by atoms with Crippen molar-refractivity contribution in [2.75, 3.05) is 19.9 Å². The molecular formula is C20H23N3OS. The normalized spacial score (nSPS) is 12.3. The van der Waals surface area contributed by atoms with Gasteiger partial charge in [0.25, 0.3) is 0 Å². The number of methoxy groups -OCH3 is 1. The van der Waals surface area contributed by atoms with E-state index in [1.165, 1.54) is 10.4 Å². The molecule has 3 aromatic rings. The number of hydrogen-bond acceptors (Lipinski definition) is 5. The van der Waals surface area contributed by atoms with Crippen LogP contribution in [0.3, 0.4) is 0 Å². The van der Waals surface area contributed by atoms with Crippen molar-refractivity contribution in [2.45, 2.75) is 19.5 Å². The highest BCUT2D eigenvalue weighted by atomic mass is 32.1. The molecule has 1 unspecified atom stereocenters. The van der Waals surface area contributed by atoms with Gasteiger partial charge in [0.2, 0.25) is 0 Å².